The lowest BCUT2D eigenvalue weighted by Crippen LogP contribution is -1.94. The highest BCUT2D eigenvalue weighted by molar-refractivity contribution is 9.08. The molecule has 1 aromatic heterocycles. The van der Waals surface area contributed by atoms with Gasteiger partial charge in [0.15, 0.2) is 0 Å². The van der Waals surface area contributed by atoms with Crippen LogP contribution in [0.15, 0.2) is 12.3 Å². The van der Waals surface area contributed by atoms with Gasteiger partial charge in [-0.3, -0.25) is 4.68 Å². The topological polar surface area (TPSA) is 17.8 Å². The summed E-state index contributed by atoms with van der Waals surface area (Å²) in [5.41, 5.74) is 1.09. The fraction of sp³-hybridized carbons (Fsp3) is 0.500. The maximum atomic E-state index is 4.22. The number of halogens is 2. The molecule has 0 saturated carbocycles. The molecule has 0 spiro atoms. The van der Waals surface area contributed by atoms with Crippen molar-refractivity contribution in [2.45, 2.75) is 18.8 Å². The van der Waals surface area contributed by atoms with Crippen molar-refractivity contribution in [3.05, 3.63) is 18.0 Å². The van der Waals surface area contributed by atoms with Crippen molar-refractivity contribution in [2.75, 3.05) is 0 Å². The lowest BCUT2D eigenvalue weighted by atomic mass is 10.5. The van der Waals surface area contributed by atoms with Gasteiger partial charge in [-0.15, -0.1) is 17.0 Å². The predicted molar refractivity (Wildman–Crippen MR) is 50.9 cm³/mol. The van der Waals surface area contributed by atoms with Crippen LogP contribution < -0.4 is 0 Å². The van der Waals surface area contributed by atoms with Gasteiger partial charge in [-0.05, 0) is 13.0 Å². The lowest BCUT2D eigenvalue weighted by Gasteiger charge is -1.90. The minimum atomic E-state index is 0. The first-order chi connectivity index (χ1) is 4.36. The Balaban J connectivity index is 0.000000810. The number of alkyl halides is 1. The molecule has 0 saturated heterocycles. The van der Waals surface area contributed by atoms with Crippen molar-refractivity contribution in [3.63, 3.8) is 0 Å². The monoisotopic (exact) mass is 268 g/mol. The average molecular weight is 270 g/mol. The van der Waals surface area contributed by atoms with E-state index in [9.17, 15) is 0 Å². The highest BCUT2D eigenvalue weighted by atomic mass is 79.9. The first kappa shape index (κ1) is 10.2. The lowest BCUT2D eigenvalue weighted by molar-refractivity contribution is 0.653. The number of rotatable bonds is 2. The quantitative estimate of drug-likeness (QED) is 0.754. The van der Waals surface area contributed by atoms with E-state index in [1.54, 1.807) is 0 Å². The molecule has 1 heterocycles. The standard InChI is InChI=1S/C6H9BrN2.BrH/c1-2-9-4-3-6(5-7)8-9;/h3-4H,2,5H2,1H3;1H. The number of hydrogen-bond donors (Lipinski definition) is 0. The molecule has 58 valence electrons. The predicted octanol–water partition coefficient (Wildman–Crippen LogP) is 2.38. The Morgan fingerprint density at radius 2 is 2.40 bits per heavy atom. The van der Waals surface area contributed by atoms with Gasteiger partial charge in [0.05, 0.1) is 5.69 Å². The second-order valence-electron chi connectivity index (χ2n) is 1.80. The van der Waals surface area contributed by atoms with Gasteiger partial charge in [0, 0.05) is 18.1 Å². The highest BCUT2D eigenvalue weighted by Crippen LogP contribution is 2.00. The third-order valence-corrected chi connectivity index (χ3v) is 1.73. The molecule has 2 nitrogen and oxygen atoms in total. The first-order valence-electron chi connectivity index (χ1n) is 2.95. The summed E-state index contributed by atoms with van der Waals surface area (Å²) in [5.74, 6) is 0. The zero-order valence-corrected chi connectivity index (χ0v) is 9.05. The Morgan fingerprint density at radius 3 is 2.70 bits per heavy atom. The second kappa shape index (κ2) is 4.91. The minimum Gasteiger partial charge on any atom is -0.273 e. The summed E-state index contributed by atoms with van der Waals surface area (Å²) in [4.78, 5) is 0. The average Bonchev–Trinajstić information content (AvgIpc) is 2.34. The smallest absolute Gasteiger partial charge is 0.0729 e. The Bertz CT molecular complexity index is 167. The molecule has 0 aromatic carbocycles. The number of aryl methyl sites for hydroxylation is 1. The third kappa shape index (κ3) is 2.42. The molecule has 1 aromatic rings. The van der Waals surface area contributed by atoms with Crippen molar-refractivity contribution in [1.29, 1.82) is 0 Å². The number of hydrogen-bond acceptors (Lipinski definition) is 1. The molecule has 4 heteroatoms. The summed E-state index contributed by atoms with van der Waals surface area (Å²) in [5, 5.41) is 5.06. The molecule has 0 aliphatic heterocycles. The van der Waals surface area contributed by atoms with E-state index in [0.29, 0.717) is 0 Å². The van der Waals surface area contributed by atoms with Gasteiger partial charge in [-0.1, -0.05) is 15.9 Å². The van der Waals surface area contributed by atoms with Crippen LogP contribution in [0.5, 0.6) is 0 Å². The van der Waals surface area contributed by atoms with Crippen LogP contribution in [-0.4, -0.2) is 9.78 Å². The number of nitrogens with zero attached hydrogens (tertiary/aromatic N) is 2. The molecule has 0 bridgehead atoms. The molecule has 10 heavy (non-hydrogen) atoms. The molecule has 0 radical (unpaired) electrons. The van der Waals surface area contributed by atoms with Crippen molar-refractivity contribution in [2.24, 2.45) is 0 Å². The van der Waals surface area contributed by atoms with E-state index < -0.39 is 0 Å². The zero-order valence-electron chi connectivity index (χ0n) is 5.75. The van der Waals surface area contributed by atoms with Gasteiger partial charge in [0.1, 0.15) is 0 Å². The summed E-state index contributed by atoms with van der Waals surface area (Å²) < 4.78 is 1.91. The summed E-state index contributed by atoms with van der Waals surface area (Å²) in [6, 6.07) is 2.01. The molecule has 0 unspecified atom stereocenters. The first-order valence-corrected chi connectivity index (χ1v) is 4.07. The fourth-order valence-corrected chi connectivity index (χ4v) is 0.950. The third-order valence-electron chi connectivity index (χ3n) is 1.16. The minimum absolute atomic E-state index is 0. The SMILES string of the molecule is Br.CCn1ccc(CBr)n1. The van der Waals surface area contributed by atoms with Gasteiger partial charge >= 0.3 is 0 Å². The van der Waals surface area contributed by atoms with E-state index in [4.69, 9.17) is 0 Å². The Hall–Kier alpha value is 0.170. The Kier molecular flexibility index (Phi) is 4.99. The summed E-state index contributed by atoms with van der Waals surface area (Å²) in [6.45, 7) is 3.03. The van der Waals surface area contributed by atoms with Crippen LogP contribution >= 0.6 is 32.9 Å². The molecule has 0 atom stereocenters. The van der Waals surface area contributed by atoms with E-state index in [1.165, 1.54) is 0 Å². The Morgan fingerprint density at radius 1 is 1.70 bits per heavy atom. The van der Waals surface area contributed by atoms with E-state index in [2.05, 4.69) is 28.0 Å². The zero-order chi connectivity index (χ0) is 6.69. The largest absolute Gasteiger partial charge is 0.273 e. The van der Waals surface area contributed by atoms with Crippen LogP contribution in [0.3, 0.4) is 0 Å². The molecule has 0 fully saturated rings. The van der Waals surface area contributed by atoms with Crippen LogP contribution in [0.2, 0.25) is 0 Å². The van der Waals surface area contributed by atoms with Crippen molar-refractivity contribution in [3.8, 4) is 0 Å². The molecule has 1 rings (SSSR count). The fourth-order valence-electron chi connectivity index (χ4n) is 0.651. The molecule has 0 aliphatic carbocycles. The van der Waals surface area contributed by atoms with Gasteiger partial charge in [0.2, 0.25) is 0 Å². The summed E-state index contributed by atoms with van der Waals surface area (Å²) in [7, 11) is 0. The molecular weight excluding hydrogens is 260 g/mol. The normalized spacial score (nSPS) is 9.00. The van der Waals surface area contributed by atoms with Gasteiger partial charge in [-0.25, -0.2) is 0 Å². The molecular formula is C6H10Br2N2. The molecule has 0 aliphatic rings. The van der Waals surface area contributed by atoms with Crippen LogP contribution in [0.1, 0.15) is 12.6 Å². The summed E-state index contributed by atoms with van der Waals surface area (Å²) >= 11 is 3.32. The highest BCUT2D eigenvalue weighted by Gasteiger charge is 1.92. The van der Waals surface area contributed by atoms with Crippen molar-refractivity contribution >= 4 is 32.9 Å². The number of aromatic nitrogens is 2. The van der Waals surface area contributed by atoms with Crippen molar-refractivity contribution in [1.82, 2.24) is 9.78 Å². The van der Waals surface area contributed by atoms with Crippen LogP contribution in [0, 0.1) is 0 Å². The van der Waals surface area contributed by atoms with Crippen LogP contribution in [0.4, 0.5) is 0 Å². The molecule has 0 N–H and O–H groups in total. The maximum Gasteiger partial charge on any atom is 0.0729 e. The van der Waals surface area contributed by atoms with Crippen LogP contribution in [0.25, 0.3) is 0 Å². The van der Waals surface area contributed by atoms with Crippen molar-refractivity contribution < 1.29 is 0 Å². The summed E-state index contributed by atoms with van der Waals surface area (Å²) in [6.07, 6.45) is 1.98. The Labute approximate surface area is 79.5 Å². The van der Waals surface area contributed by atoms with Crippen LogP contribution in [-0.2, 0) is 11.9 Å². The molecule has 0 amide bonds. The maximum absolute atomic E-state index is 4.22. The van der Waals surface area contributed by atoms with Gasteiger partial charge < -0.3 is 0 Å². The van der Waals surface area contributed by atoms with E-state index in [-0.39, 0.29) is 17.0 Å². The van der Waals surface area contributed by atoms with E-state index in [0.717, 1.165) is 17.6 Å². The van der Waals surface area contributed by atoms with Gasteiger partial charge in [0.25, 0.3) is 0 Å². The second-order valence-corrected chi connectivity index (χ2v) is 2.36. The van der Waals surface area contributed by atoms with Gasteiger partial charge in [-0.2, -0.15) is 5.10 Å². The van der Waals surface area contributed by atoms with E-state index in [1.807, 2.05) is 16.9 Å². The van der Waals surface area contributed by atoms with E-state index >= 15 is 0 Å².